The minimum absolute atomic E-state index is 0.0283. The number of aryl methyl sites for hydroxylation is 1. The molecule has 1 fully saturated rings. The van der Waals surface area contributed by atoms with Gasteiger partial charge in [-0.1, -0.05) is 50.1 Å². The molecule has 1 aliphatic heterocycles. The zero-order valence-corrected chi connectivity index (χ0v) is 21.9. The minimum Gasteiger partial charge on any atom is -0.493 e. The van der Waals surface area contributed by atoms with Crippen LogP contribution in [0, 0.1) is 23.7 Å². The summed E-state index contributed by atoms with van der Waals surface area (Å²) >= 11 is 0. The molecule has 0 aromatic heterocycles. The van der Waals surface area contributed by atoms with Crippen LogP contribution in [0.5, 0.6) is 5.75 Å². The SMILES string of the molecule is COC(=O)C1CN(CC2=C(C)c3ccc(OC[C@@H](CC4=CC(C)C(F)C=C4)C(C)C)cc3CC2)C1. The summed E-state index contributed by atoms with van der Waals surface area (Å²) in [5, 5.41) is 0. The molecule has 1 heterocycles. The lowest BCUT2D eigenvalue weighted by Gasteiger charge is -2.39. The van der Waals surface area contributed by atoms with Gasteiger partial charge in [0.15, 0.2) is 0 Å². The van der Waals surface area contributed by atoms with E-state index in [9.17, 15) is 9.18 Å². The number of hydrogen-bond acceptors (Lipinski definition) is 4. The molecule has 0 saturated carbocycles. The topological polar surface area (TPSA) is 38.8 Å². The molecule has 5 heteroatoms. The van der Waals surface area contributed by atoms with Crippen molar-refractivity contribution >= 4 is 11.5 Å². The van der Waals surface area contributed by atoms with Gasteiger partial charge in [-0.15, -0.1) is 0 Å². The Hall–Kier alpha value is -2.40. The fraction of sp³-hybridized carbons (Fsp3) is 0.567. The third kappa shape index (κ3) is 6.06. The quantitative estimate of drug-likeness (QED) is 0.404. The molecule has 4 rings (SSSR count). The summed E-state index contributed by atoms with van der Waals surface area (Å²) in [6, 6.07) is 6.50. The molecule has 3 atom stereocenters. The summed E-state index contributed by atoms with van der Waals surface area (Å²) in [6.07, 6.45) is 7.80. The van der Waals surface area contributed by atoms with Gasteiger partial charge in [-0.25, -0.2) is 4.39 Å². The van der Waals surface area contributed by atoms with Gasteiger partial charge in [0.25, 0.3) is 0 Å². The van der Waals surface area contributed by atoms with Crippen LogP contribution in [0.3, 0.4) is 0 Å². The van der Waals surface area contributed by atoms with E-state index in [1.807, 2.05) is 13.0 Å². The number of carbonyl (C=O) groups excluding carboxylic acids is 1. The maximum absolute atomic E-state index is 13.8. The number of allylic oxidation sites excluding steroid dienone is 5. The normalized spacial score (nSPS) is 23.6. The molecule has 0 spiro atoms. The maximum atomic E-state index is 13.8. The lowest BCUT2D eigenvalue weighted by molar-refractivity contribution is -0.151. The van der Waals surface area contributed by atoms with Crippen LogP contribution in [-0.4, -0.2) is 50.4 Å². The number of fused-ring (bicyclic) bond motifs is 1. The van der Waals surface area contributed by atoms with Crippen LogP contribution in [0.4, 0.5) is 4.39 Å². The Morgan fingerprint density at radius 1 is 1.23 bits per heavy atom. The van der Waals surface area contributed by atoms with E-state index in [4.69, 9.17) is 9.47 Å². The second-order valence-electron chi connectivity index (χ2n) is 10.9. The summed E-state index contributed by atoms with van der Waals surface area (Å²) < 4.78 is 24.9. The minimum atomic E-state index is -0.872. The highest BCUT2D eigenvalue weighted by Crippen LogP contribution is 2.35. The van der Waals surface area contributed by atoms with E-state index < -0.39 is 6.17 Å². The van der Waals surface area contributed by atoms with E-state index in [1.165, 1.54) is 35.0 Å². The second kappa shape index (κ2) is 11.1. The fourth-order valence-corrected chi connectivity index (χ4v) is 5.38. The van der Waals surface area contributed by atoms with E-state index in [2.05, 4.69) is 49.9 Å². The van der Waals surface area contributed by atoms with Crippen molar-refractivity contribution in [3.8, 4) is 5.75 Å². The first kappa shape index (κ1) is 25.7. The number of alkyl halides is 1. The first-order valence-corrected chi connectivity index (χ1v) is 13.0. The van der Waals surface area contributed by atoms with Gasteiger partial charge in [-0.3, -0.25) is 9.69 Å². The standard InChI is InChI=1S/C30H40FNO3/c1-19(2)25(13-22-6-11-29(31)20(3)12-22)18-35-27-9-10-28-21(4)24(8-7-23(28)14-27)15-32-16-26(17-32)30(33)34-5/h6,9-12,14,19-20,25-26,29H,7-8,13,15-18H2,1-5H3/t20?,25-,29?/m1/s1. The number of methoxy groups -OCH3 is 1. The molecule has 0 N–H and O–H groups in total. The zero-order valence-electron chi connectivity index (χ0n) is 21.9. The highest BCUT2D eigenvalue weighted by atomic mass is 19.1. The Morgan fingerprint density at radius 2 is 2.00 bits per heavy atom. The van der Waals surface area contributed by atoms with Crippen LogP contribution in [0.1, 0.15) is 51.7 Å². The van der Waals surface area contributed by atoms with Crippen molar-refractivity contribution in [2.45, 2.75) is 53.1 Å². The van der Waals surface area contributed by atoms with Gasteiger partial charge in [0, 0.05) is 25.6 Å². The van der Waals surface area contributed by atoms with Crippen molar-refractivity contribution in [3.63, 3.8) is 0 Å². The Morgan fingerprint density at radius 3 is 2.69 bits per heavy atom. The predicted molar refractivity (Wildman–Crippen MR) is 139 cm³/mol. The van der Waals surface area contributed by atoms with E-state index in [0.717, 1.165) is 44.6 Å². The van der Waals surface area contributed by atoms with Gasteiger partial charge in [0.2, 0.25) is 0 Å². The van der Waals surface area contributed by atoms with Gasteiger partial charge < -0.3 is 9.47 Å². The summed E-state index contributed by atoms with van der Waals surface area (Å²) in [5.41, 5.74) is 6.70. The van der Waals surface area contributed by atoms with Crippen LogP contribution in [-0.2, 0) is 16.0 Å². The summed E-state index contributed by atoms with van der Waals surface area (Å²) in [7, 11) is 1.46. The number of rotatable bonds is 9. The highest BCUT2D eigenvalue weighted by Gasteiger charge is 2.34. The molecule has 1 aromatic carbocycles. The molecule has 190 valence electrons. The molecule has 35 heavy (non-hydrogen) atoms. The average molecular weight is 482 g/mol. The zero-order chi connectivity index (χ0) is 25.1. The van der Waals surface area contributed by atoms with Crippen LogP contribution < -0.4 is 4.74 Å². The predicted octanol–water partition coefficient (Wildman–Crippen LogP) is 6.02. The highest BCUT2D eigenvalue weighted by molar-refractivity contribution is 5.74. The first-order chi connectivity index (χ1) is 16.7. The summed E-state index contributed by atoms with van der Waals surface area (Å²) in [6.45, 7) is 11.8. The van der Waals surface area contributed by atoms with E-state index in [1.54, 1.807) is 6.08 Å². The Kier molecular flexibility index (Phi) is 8.16. The van der Waals surface area contributed by atoms with E-state index in [0.29, 0.717) is 18.4 Å². The monoisotopic (exact) mass is 481 g/mol. The lowest BCUT2D eigenvalue weighted by Crippen LogP contribution is -2.51. The Balaban J connectivity index is 1.35. The van der Waals surface area contributed by atoms with Crippen molar-refractivity contribution < 1.29 is 18.7 Å². The Labute approximate surface area is 209 Å². The average Bonchev–Trinajstić information content (AvgIpc) is 2.81. The third-order valence-corrected chi connectivity index (χ3v) is 7.99. The molecule has 3 aliphatic rings. The van der Waals surface area contributed by atoms with Crippen molar-refractivity contribution in [1.29, 1.82) is 0 Å². The third-order valence-electron chi connectivity index (χ3n) is 7.99. The second-order valence-corrected chi connectivity index (χ2v) is 10.9. The molecular formula is C30H40FNO3. The van der Waals surface area contributed by atoms with Crippen molar-refractivity contribution in [2.24, 2.45) is 23.7 Å². The van der Waals surface area contributed by atoms with Gasteiger partial charge in [-0.2, -0.15) is 0 Å². The van der Waals surface area contributed by atoms with Crippen molar-refractivity contribution in [2.75, 3.05) is 33.4 Å². The number of esters is 1. The number of ether oxygens (including phenoxy) is 2. The van der Waals surface area contributed by atoms with Crippen LogP contribution >= 0.6 is 0 Å². The molecule has 0 radical (unpaired) electrons. The lowest BCUT2D eigenvalue weighted by atomic mass is 9.85. The maximum Gasteiger partial charge on any atom is 0.311 e. The molecule has 0 amide bonds. The van der Waals surface area contributed by atoms with Crippen LogP contribution in [0.15, 0.2) is 47.6 Å². The van der Waals surface area contributed by atoms with Gasteiger partial charge in [0.05, 0.1) is 19.6 Å². The molecule has 0 bridgehead atoms. The fourth-order valence-electron chi connectivity index (χ4n) is 5.38. The van der Waals surface area contributed by atoms with Crippen molar-refractivity contribution in [3.05, 3.63) is 58.7 Å². The number of carbonyl (C=O) groups is 1. The molecule has 2 aliphatic carbocycles. The number of likely N-dealkylation sites (tertiary alicyclic amines) is 1. The molecule has 1 aromatic rings. The molecular weight excluding hydrogens is 441 g/mol. The molecule has 2 unspecified atom stereocenters. The van der Waals surface area contributed by atoms with E-state index >= 15 is 0 Å². The number of hydrogen-bond donors (Lipinski definition) is 0. The van der Waals surface area contributed by atoms with E-state index in [-0.39, 0.29) is 17.8 Å². The number of halogens is 1. The van der Waals surface area contributed by atoms with Gasteiger partial charge in [-0.05, 0) is 72.9 Å². The molecule has 1 saturated heterocycles. The van der Waals surface area contributed by atoms with Gasteiger partial charge >= 0.3 is 5.97 Å². The number of nitrogens with zero attached hydrogens (tertiary/aromatic N) is 1. The summed E-state index contributed by atoms with van der Waals surface area (Å²) in [5.74, 6) is 1.67. The number of benzene rings is 1. The smallest absolute Gasteiger partial charge is 0.311 e. The largest absolute Gasteiger partial charge is 0.493 e. The Bertz CT molecular complexity index is 1020. The van der Waals surface area contributed by atoms with Gasteiger partial charge in [0.1, 0.15) is 11.9 Å². The summed E-state index contributed by atoms with van der Waals surface area (Å²) in [4.78, 5) is 14.0. The molecule has 4 nitrogen and oxygen atoms in total. The van der Waals surface area contributed by atoms with Crippen LogP contribution in [0.25, 0.3) is 5.57 Å². The van der Waals surface area contributed by atoms with Crippen molar-refractivity contribution in [1.82, 2.24) is 4.90 Å². The first-order valence-electron chi connectivity index (χ1n) is 13.0. The van der Waals surface area contributed by atoms with Crippen LogP contribution in [0.2, 0.25) is 0 Å².